The zero-order valence-corrected chi connectivity index (χ0v) is 12.9. The minimum atomic E-state index is -0.541. The first kappa shape index (κ1) is 16.2. The molecule has 7 heteroatoms. The molecular formula is C15H21N3O4. The first-order chi connectivity index (χ1) is 10.4. The van der Waals surface area contributed by atoms with Crippen LogP contribution in [0.3, 0.4) is 0 Å². The number of hydrogen-bond acceptors (Lipinski definition) is 4. The Morgan fingerprint density at radius 2 is 2.05 bits per heavy atom. The van der Waals surface area contributed by atoms with Crippen molar-refractivity contribution >= 4 is 11.6 Å². The first-order valence-electron chi connectivity index (χ1n) is 7.51. The van der Waals surface area contributed by atoms with Gasteiger partial charge in [0, 0.05) is 24.7 Å². The van der Waals surface area contributed by atoms with Crippen molar-refractivity contribution in [2.45, 2.75) is 51.6 Å². The predicted molar refractivity (Wildman–Crippen MR) is 81.7 cm³/mol. The zero-order chi connectivity index (χ0) is 16.3. The van der Waals surface area contributed by atoms with E-state index in [-0.39, 0.29) is 24.2 Å². The van der Waals surface area contributed by atoms with E-state index in [2.05, 4.69) is 0 Å². The summed E-state index contributed by atoms with van der Waals surface area (Å²) in [5.74, 6) is -0.188. The van der Waals surface area contributed by atoms with Crippen molar-refractivity contribution in [1.29, 1.82) is 0 Å². The fourth-order valence-corrected chi connectivity index (χ4v) is 2.90. The number of likely N-dealkylation sites (N-methyl/N-ethyl adjacent to an activating group) is 1. The standard InChI is InChI=1S/C15H21N3O4/c1-11-8-14(19)17(9-13(11)18(21)22)10-15(20)16(2)12-6-4-3-5-7-12/h8-9,12H,3-7,10H2,1-2H3. The Morgan fingerprint density at radius 1 is 1.41 bits per heavy atom. The Bertz CT molecular complexity index is 632. The lowest BCUT2D eigenvalue weighted by Crippen LogP contribution is -2.41. The number of aromatic nitrogens is 1. The Hall–Kier alpha value is -2.18. The average Bonchev–Trinajstić information content (AvgIpc) is 2.49. The number of amides is 1. The van der Waals surface area contributed by atoms with Crippen LogP contribution in [0.4, 0.5) is 5.69 Å². The Labute approximate surface area is 128 Å². The van der Waals surface area contributed by atoms with Crippen molar-refractivity contribution in [2.75, 3.05) is 7.05 Å². The van der Waals surface area contributed by atoms with E-state index >= 15 is 0 Å². The van der Waals surface area contributed by atoms with Crippen LogP contribution < -0.4 is 5.56 Å². The smallest absolute Gasteiger partial charge is 0.288 e. The van der Waals surface area contributed by atoms with Crippen molar-refractivity contribution in [3.63, 3.8) is 0 Å². The summed E-state index contributed by atoms with van der Waals surface area (Å²) in [4.78, 5) is 36.3. The summed E-state index contributed by atoms with van der Waals surface area (Å²) in [6.45, 7) is 1.35. The third-order valence-corrected chi connectivity index (χ3v) is 4.32. The molecule has 0 saturated heterocycles. The lowest BCUT2D eigenvalue weighted by Gasteiger charge is -2.31. The van der Waals surface area contributed by atoms with Gasteiger partial charge in [-0.25, -0.2) is 0 Å². The maximum atomic E-state index is 12.3. The largest absolute Gasteiger partial charge is 0.341 e. The van der Waals surface area contributed by atoms with E-state index in [4.69, 9.17) is 0 Å². The number of carbonyl (C=O) groups excluding carboxylic acids is 1. The summed E-state index contributed by atoms with van der Waals surface area (Å²) in [5, 5.41) is 10.9. The van der Waals surface area contributed by atoms with Gasteiger partial charge >= 0.3 is 0 Å². The molecule has 0 bridgehead atoms. The summed E-state index contributed by atoms with van der Waals surface area (Å²) >= 11 is 0. The van der Waals surface area contributed by atoms with Gasteiger partial charge in [-0.15, -0.1) is 0 Å². The highest BCUT2D eigenvalue weighted by Crippen LogP contribution is 2.22. The Kier molecular flexibility index (Phi) is 4.95. The van der Waals surface area contributed by atoms with Gasteiger partial charge in [0.25, 0.3) is 11.2 Å². The molecule has 1 aromatic rings. The lowest BCUT2D eigenvalue weighted by atomic mass is 9.94. The molecule has 7 nitrogen and oxygen atoms in total. The molecule has 0 radical (unpaired) electrons. The summed E-state index contributed by atoms with van der Waals surface area (Å²) in [6, 6.07) is 1.41. The van der Waals surface area contributed by atoms with Crippen LogP contribution in [0.25, 0.3) is 0 Å². The molecule has 0 aliphatic heterocycles. The zero-order valence-electron chi connectivity index (χ0n) is 12.9. The van der Waals surface area contributed by atoms with Crippen LogP contribution in [-0.2, 0) is 11.3 Å². The van der Waals surface area contributed by atoms with Gasteiger partial charge in [-0.3, -0.25) is 24.3 Å². The van der Waals surface area contributed by atoms with Gasteiger partial charge in [-0.1, -0.05) is 19.3 Å². The summed E-state index contributed by atoms with van der Waals surface area (Å²) < 4.78 is 1.12. The first-order valence-corrected chi connectivity index (χ1v) is 7.51. The third kappa shape index (κ3) is 3.52. The number of rotatable bonds is 4. The minimum Gasteiger partial charge on any atom is -0.341 e. The van der Waals surface area contributed by atoms with E-state index in [1.54, 1.807) is 11.9 Å². The average molecular weight is 307 g/mol. The van der Waals surface area contributed by atoms with Crippen LogP contribution in [-0.4, -0.2) is 33.4 Å². The second-order valence-electron chi connectivity index (χ2n) is 5.86. The molecule has 1 heterocycles. The topological polar surface area (TPSA) is 85.5 Å². The van der Waals surface area contributed by atoms with Gasteiger partial charge in [0.15, 0.2) is 0 Å². The third-order valence-electron chi connectivity index (χ3n) is 4.32. The SMILES string of the molecule is Cc1cc(=O)n(CC(=O)N(C)C2CCCCC2)cc1[N+](=O)[O-]. The van der Waals surface area contributed by atoms with Crippen LogP contribution >= 0.6 is 0 Å². The van der Waals surface area contributed by atoms with Gasteiger partial charge < -0.3 is 4.90 Å². The molecule has 0 spiro atoms. The normalized spacial score (nSPS) is 15.5. The maximum absolute atomic E-state index is 12.3. The number of nitro groups is 1. The highest BCUT2D eigenvalue weighted by Gasteiger charge is 2.23. The van der Waals surface area contributed by atoms with Crippen LogP contribution in [0.15, 0.2) is 17.1 Å². The highest BCUT2D eigenvalue weighted by molar-refractivity contribution is 5.76. The van der Waals surface area contributed by atoms with Gasteiger partial charge in [0.2, 0.25) is 5.91 Å². The number of pyridine rings is 1. The van der Waals surface area contributed by atoms with E-state index in [0.717, 1.165) is 36.4 Å². The molecule has 1 aliphatic rings. The summed E-state index contributed by atoms with van der Waals surface area (Å²) in [5.41, 5.74) is -0.236. The van der Waals surface area contributed by atoms with Crippen LogP contribution in [0.1, 0.15) is 37.7 Å². The van der Waals surface area contributed by atoms with Crippen molar-refractivity contribution in [3.8, 4) is 0 Å². The molecule has 1 fully saturated rings. The molecule has 0 N–H and O–H groups in total. The monoisotopic (exact) mass is 307 g/mol. The fraction of sp³-hybridized carbons (Fsp3) is 0.600. The Balaban J connectivity index is 2.15. The second kappa shape index (κ2) is 6.72. The molecule has 120 valence electrons. The molecular weight excluding hydrogens is 286 g/mol. The van der Waals surface area contributed by atoms with Gasteiger partial charge in [-0.2, -0.15) is 0 Å². The molecule has 0 atom stereocenters. The molecule has 0 unspecified atom stereocenters. The quantitative estimate of drug-likeness (QED) is 0.627. The van der Waals surface area contributed by atoms with Gasteiger partial charge in [0.05, 0.1) is 11.1 Å². The van der Waals surface area contributed by atoms with E-state index in [0.29, 0.717) is 5.56 Å². The van der Waals surface area contributed by atoms with Crippen molar-refractivity contribution in [2.24, 2.45) is 0 Å². The molecule has 2 rings (SSSR count). The summed E-state index contributed by atoms with van der Waals surface area (Å²) in [7, 11) is 1.74. The number of carbonyl (C=O) groups is 1. The molecule has 22 heavy (non-hydrogen) atoms. The second-order valence-corrected chi connectivity index (χ2v) is 5.86. The Morgan fingerprint density at radius 3 is 2.64 bits per heavy atom. The minimum absolute atomic E-state index is 0.146. The lowest BCUT2D eigenvalue weighted by molar-refractivity contribution is -0.385. The number of nitrogens with zero attached hydrogens (tertiary/aromatic N) is 3. The van der Waals surface area contributed by atoms with Crippen LogP contribution in [0.5, 0.6) is 0 Å². The maximum Gasteiger partial charge on any atom is 0.288 e. The molecule has 1 saturated carbocycles. The molecule has 0 aromatic carbocycles. The van der Waals surface area contributed by atoms with Crippen molar-refractivity contribution in [3.05, 3.63) is 38.3 Å². The number of aryl methyl sites for hydroxylation is 1. The summed E-state index contributed by atoms with van der Waals surface area (Å²) in [6.07, 6.45) is 6.53. The van der Waals surface area contributed by atoms with Crippen LogP contribution in [0.2, 0.25) is 0 Å². The van der Waals surface area contributed by atoms with E-state index in [9.17, 15) is 19.7 Å². The molecule has 1 aliphatic carbocycles. The molecule has 1 aromatic heterocycles. The van der Waals surface area contributed by atoms with E-state index in [1.165, 1.54) is 19.4 Å². The fourth-order valence-electron chi connectivity index (χ4n) is 2.90. The predicted octanol–water partition coefficient (Wildman–Crippen LogP) is 1.86. The van der Waals surface area contributed by atoms with Crippen molar-refractivity contribution in [1.82, 2.24) is 9.47 Å². The van der Waals surface area contributed by atoms with Crippen molar-refractivity contribution < 1.29 is 9.72 Å². The van der Waals surface area contributed by atoms with E-state index in [1.807, 2.05) is 0 Å². The van der Waals surface area contributed by atoms with Gasteiger partial charge in [-0.05, 0) is 19.8 Å². The van der Waals surface area contributed by atoms with E-state index < -0.39 is 10.5 Å². The highest BCUT2D eigenvalue weighted by atomic mass is 16.6. The number of hydrogen-bond donors (Lipinski definition) is 0. The van der Waals surface area contributed by atoms with Crippen LogP contribution in [0, 0.1) is 17.0 Å². The van der Waals surface area contributed by atoms with Gasteiger partial charge in [0.1, 0.15) is 6.54 Å². The molecule has 1 amide bonds.